The fraction of sp³-hybridized carbons (Fsp3) is 0.111. The van der Waals surface area contributed by atoms with Crippen LogP contribution in [0.4, 0.5) is 14.5 Å². The molecule has 2 aromatic carbocycles. The molecule has 126 valence electrons. The minimum Gasteiger partial charge on any atom is -0.325 e. The van der Waals surface area contributed by atoms with Crippen molar-refractivity contribution in [2.75, 3.05) is 11.1 Å². The number of nitrogens with one attached hydrogen (secondary N) is 1. The van der Waals surface area contributed by atoms with E-state index < -0.39 is 17.5 Å². The Morgan fingerprint density at radius 1 is 1.16 bits per heavy atom. The highest BCUT2D eigenvalue weighted by atomic mass is 32.2. The van der Waals surface area contributed by atoms with Crippen LogP contribution in [0.1, 0.15) is 10.4 Å². The van der Waals surface area contributed by atoms with E-state index in [4.69, 9.17) is 0 Å². The lowest BCUT2D eigenvalue weighted by molar-refractivity contribution is 0.102. The third-order valence-corrected chi connectivity index (χ3v) is 4.89. The topological polar surface area (TPSA) is 46.9 Å². The Kier molecular flexibility index (Phi) is 4.01. The maximum Gasteiger partial charge on any atom is 0.258 e. The first-order chi connectivity index (χ1) is 12.1. The smallest absolute Gasteiger partial charge is 0.258 e. The molecule has 1 aliphatic rings. The summed E-state index contributed by atoms with van der Waals surface area (Å²) in [7, 11) is 0. The zero-order valence-electron chi connectivity index (χ0n) is 13.0. The summed E-state index contributed by atoms with van der Waals surface area (Å²) in [4.78, 5) is 16.7. The molecule has 7 heteroatoms. The highest BCUT2D eigenvalue weighted by Gasteiger charge is 2.16. The summed E-state index contributed by atoms with van der Waals surface area (Å²) in [5.41, 5.74) is 2.14. The molecule has 1 N–H and O–H groups in total. The van der Waals surface area contributed by atoms with Crippen LogP contribution in [0.25, 0.3) is 11.3 Å². The van der Waals surface area contributed by atoms with Gasteiger partial charge in [0.15, 0.2) is 5.16 Å². The maximum atomic E-state index is 13.7. The normalized spacial score (nSPS) is 12.9. The molecule has 25 heavy (non-hydrogen) atoms. The van der Waals surface area contributed by atoms with E-state index in [2.05, 4.69) is 14.9 Å². The molecule has 0 aliphatic carbocycles. The van der Waals surface area contributed by atoms with Crippen LogP contribution in [0.2, 0.25) is 0 Å². The Morgan fingerprint density at radius 3 is 2.68 bits per heavy atom. The molecule has 0 atom stereocenters. The molecule has 4 nitrogen and oxygen atoms in total. The molecule has 0 saturated heterocycles. The summed E-state index contributed by atoms with van der Waals surface area (Å²) in [6.45, 7) is 0.963. The number of thioether (sulfide) groups is 1. The van der Waals surface area contributed by atoms with Crippen LogP contribution in [-0.2, 0) is 6.54 Å². The van der Waals surface area contributed by atoms with Crippen LogP contribution >= 0.6 is 11.8 Å². The summed E-state index contributed by atoms with van der Waals surface area (Å²) in [5, 5.41) is 3.62. The van der Waals surface area contributed by atoms with Crippen molar-refractivity contribution in [2.24, 2.45) is 0 Å². The molecular weight excluding hydrogens is 344 g/mol. The molecule has 1 amide bonds. The standard InChI is InChI=1S/C18H13F2N3OS/c19-12-3-6-14(15(20)9-12)17(24)21-13-4-1-11(2-5-13)16-10-23-7-8-25-18(23)22-16/h1-6,9-10H,7-8H2,(H,21,24). The van der Waals surface area contributed by atoms with Crippen molar-refractivity contribution in [2.45, 2.75) is 11.7 Å². The van der Waals surface area contributed by atoms with Crippen molar-refractivity contribution in [3.05, 3.63) is 65.9 Å². The van der Waals surface area contributed by atoms with Crippen LogP contribution in [0.15, 0.2) is 53.8 Å². The molecule has 0 radical (unpaired) electrons. The SMILES string of the molecule is O=C(Nc1ccc(-c2cn3c(n2)SCC3)cc1)c1ccc(F)cc1F. The zero-order valence-corrected chi connectivity index (χ0v) is 13.8. The lowest BCUT2D eigenvalue weighted by Crippen LogP contribution is -2.13. The highest BCUT2D eigenvalue weighted by molar-refractivity contribution is 7.99. The van der Waals surface area contributed by atoms with E-state index in [-0.39, 0.29) is 5.56 Å². The number of halogens is 2. The molecule has 0 fully saturated rings. The lowest BCUT2D eigenvalue weighted by atomic mass is 10.1. The minimum atomic E-state index is -0.890. The second kappa shape index (κ2) is 6.33. The van der Waals surface area contributed by atoms with Gasteiger partial charge in [-0.15, -0.1) is 0 Å². The molecule has 0 spiro atoms. The number of carbonyl (C=O) groups excluding carboxylic acids is 1. The van der Waals surface area contributed by atoms with E-state index in [1.54, 1.807) is 23.9 Å². The number of benzene rings is 2. The molecule has 0 bridgehead atoms. The van der Waals surface area contributed by atoms with Crippen molar-refractivity contribution < 1.29 is 13.6 Å². The van der Waals surface area contributed by atoms with E-state index in [0.717, 1.165) is 40.8 Å². The van der Waals surface area contributed by atoms with E-state index in [9.17, 15) is 13.6 Å². The van der Waals surface area contributed by atoms with Gasteiger partial charge in [-0.3, -0.25) is 4.79 Å². The first-order valence-electron chi connectivity index (χ1n) is 7.67. The van der Waals surface area contributed by atoms with Crippen molar-refractivity contribution >= 4 is 23.4 Å². The second-order valence-electron chi connectivity index (χ2n) is 5.61. The fourth-order valence-corrected chi connectivity index (χ4v) is 3.59. The van der Waals surface area contributed by atoms with Gasteiger partial charge in [0.1, 0.15) is 11.6 Å². The van der Waals surface area contributed by atoms with Gasteiger partial charge in [0, 0.05) is 35.8 Å². The van der Waals surface area contributed by atoms with Crippen LogP contribution in [0.3, 0.4) is 0 Å². The number of anilines is 1. The minimum absolute atomic E-state index is 0.201. The van der Waals surface area contributed by atoms with Crippen LogP contribution < -0.4 is 5.32 Å². The van der Waals surface area contributed by atoms with E-state index in [1.807, 2.05) is 18.3 Å². The number of carbonyl (C=O) groups is 1. The largest absolute Gasteiger partial charge is 0.325 e. The number of rotatable bonds is 3. The number of nitrogens with zero attached hydrogens (tertiary/aromatic N) is 2. The Morgan fingerprint density at radius 2 is 1.96 bits per heavy atom. The van der Waals surface area contributed by atoms with E-state index in [1.165, 1.54) is 0 Å². The molecule has 1 aromatic heterocycles. The highest BCUT2D eigenvalue weighted by Crippen LogP contribution is 2.29. The summed E-state index contributed by atoms with van der Waals surface area (Å²) in [6.07, 6.45) is 2.01. The number of aromatic nitrogens is 2. The number of imidazole rings is 1. The molecule has 4 rings (SSSR count). The van der Waals surface area contributed by atoms with Crippen molar-refractivity contribution in [1.82, 2.24) is 9.55 Å². The molecule has 0 unspecified atom stereocenters. The van der Waals surface area contributed by atoms with Gasteiger partial charge in [-0.25, -0.2) is 13.8 Å². The van der Waals surface area contributed by atoms with Crippen molar-refractivity contribution in [3.8, 4) is 11.3 Å². The van der Waals surface area contributed by atoms with Gasteiger partial charge < -0.3 is 9.88 Å². The number of hydrogen-bond donors (Lipinski definition) is 1. The van der Waals surface area contributed by atoms with Gasteiger partial charge in [0.2, 0.25) is 0 Å². The van der Waals surface area contributed by atoms with Crippen molar-refractivity contribution in [3.63, 3.8) is 0 Å². The Labute approximate surface area is 146 Å². The Bertz CT molecular complexity index is 932. The second-order valence-corrected chi connectivity index (χ2v) is 6.67. The summed E-state index contributed by atoms with van der Waals surface area (Å²) < 4.78 is 28.7. The van der Waals surface area contributed by atoms with Gasteiger partial charge in [-0.05, 0) is 24.3 Å². The van der Waals surface area contributed by atoms with Crippen molar-refractivity contribution in [1.29, 1.82) is 0 Å². The summed E-state index contributed by atoms with van der Waals surface area (Å²) >= 11 is 1.73. The number of fused-ring (bicyclic) bond motifs is 1. The quantitative estimate of drug-likeness (QED) is 0.765. The third-order valence-electron chi connectivity index (χ3n) is 3.92. The van der Waals surface area contributed by atoms with E-state index in [0.29, 0.717) is 11.8 Å². The lowest BCUT2D eigenvalue weighted by Gasteiger charge is -2.07. The van der Waals surface area contributed by atoms with Crippen LogP contribution in [0, 0.1) is 11.6 Å². The van der Waals surface area contributed by atoms with Gasteiger partial charge in [0.05, 0.1) is 11.3 Å². The Hall–Kier alpha value is -2.67. The molecule has 2 heterocycles. The zero-order chi connectivity index (χ0) is 17.4. The number of hydrogen-bond acceptors (Lipinski definition) is 3. The summed E-state index contributed by atoms with van der Waals surface area (Å²) in [5.74, 6) is -1.18. The number of aryl methyl sites for hydroxylation is 1. The third kappa shape index (κ3) is 3.15. The predicted molar refractivity (Wildman–Crippen MR) is 92.7 cm³/mol. The average Bonchev–Trinajstić information content (AvgIpc) is 3.17. The number of amides is 1. The van der Waals surface area contributed by atoms with Gasteiger partial charge in [-0.2, -0.15) is 0 Å². The monoisotopic (exact) mass is 357 g/mol. The fourth-order valence-electron chi connectivity index (χ4n) is 2.65. The summed E-state index contributed by atoms with van der Waals surface area (Å²) in [6, 6.07) is 10.0. The van der Waals surface area contributed by atoms with E-state index >= 15 is 0 Å². The molecule has 1 aliphatic heterocycles. The molecular formula is C18H13F2N3OS. The Balaban J connectivity index is 1.51. The first kappa shape index (κ1) is 15.8. The first-order valence-corrected chi connectivity index (χ1v) is 8.65. The average molecular weight is 357 g/mol. The van der Waals surface area contributed by atoms with Gasteiger partial charge in [-0.1, -0.05) is 23.9 Å². The molecule has 3 aromatic rings. The maximum absolute atomic E-state index is 13.7. The van der Waals surface area contributed by atoms with Crippen LogP contribution in [-0.4, -0.2) is 21.2 Å². The van der Waals surface area contributed by atoms with Gasteiger partial charge in [0.25, 0.3) is 5.91 Å². The predicted octanol–water partition coefficient (Wildman–Crippen LogP) is 4.19. The van der Waals surface area contributed by atoms with Crippen LogP contribution in [0.5, 0.6) is 0 Å². The van der Waals surface area contributed by atoms with Gasteiger partial charge >= 0.3 is 0 Å². The molecule has 0 saturated carbocycles.